The number of esters is 3. The second-order valence-electron chi connectivity index (χ2n) is 5.69. The van der Waals surface area contributed by atoms with E-state index in [1.165, 1.54) is 25.3 Å². The zero-order chi connectivity index (χ0) is 18.7. The number of rotatable bonds is 4. The Morgan fingerprint density at radius 3 is 2.77 bits per heavy atom. The first-order valence-corrected chi connectivity index (χ1v) is 8.35. The van der Waals surface area contributed by atoms with Crippen LogP contribution in [-0.4, -0.2) is 25.0 Å². The molecule has 3 rings (SSSR count). The molecule has 0 N–H and O–H groups in total. The van der Waals surface area contributed by atoms with E-state index < -0.39 is 23.8 Å². The summed E-state index contributed by atoms with van der Waals surface area (Å²) in [6.45, 7) is 0. The Morgan fingerprint density at radius 1 is 1.23 bits per heavy atom. The van der Waals surface area contributed by atoms with Gasteiger partial charge in [0.2, 0.25) is 0 Å². The summed E-state index contributed by atoms with van der Waals surface area (Å²) in [5.41, 5.74) is 1.82. The quantitative estimate of drug-likeness (QED) is 0.354. The lowest BCUT2D eigenvalue weighted by atomic mass is 9.95. The number of halogens is 1. The summed E-state index contributed by atoms with van der Waals surface area (Å²) < 4.78 is 15.1. The van der Waals surface area contributed by atoms with Crippen LogP contribution in [0.25, 0.3) is 0 Å². The Bertz CT molecular complexity index is 876. The van der Waals surface area contributed by atoms with E-state index in [1.807, 2.05) is 0 Å². The molecule has 2 aromatic rings. The molecule has 0 radical (unpaired) electrons. The molecule has 1 aliphatic rings. The minimum atomic E-state index is -1.09. The third kappa shape index (κ3) is 3.70. The van der Waals surface area contributed by atoms with Crippen molar-refractivity contribution in [1.82, 2.24) is 0 Å². The summed E-state index contributed by atoms with van der Waals surface area (Å²) in [6.07, 6.45) is 0.161. The Balaban J connectivity index is 1.77. The minimum Gasteiger partial charge on any atom is -0.465 e. The molecule has 1 unspecified atom stereocenters. The molecule has 0 saturated heterocycles. The molecule has 0 spiro atoms. The maximum atomic E-state index is 12.4. The highest BCUT2D eigenvalue weighted by Crippen LogP contribution is 2.30. The van der Waals surface area contributed by atoms with Crippen LogP contribution in [0.4, 0.5) is 0 Å². The highest BCUT2D eigenvalue weighted by atomic mass is 35.5. The monoisotopic (exact) mass is 374 g/mol. The van der Waals surface area contributed by atoms with Crippen molar-refractivity contribution >= 4 is 29.5 Å². The van der Waals surface area contributed by atoms with Gasteiger partial charge in [-0.15, -0.1) is 11.6 Å². The second-order valence-corrected chi connectivity index (χ2v) is 5.96. The van der Waals surface area contributed by atoms with E-state index in [9.17, 15) is 14.4 Å². The molecule has 2 aromatic carbocycles. The Kier molecular flexibility index (Phi) is 5.23. The van der Waals surface area contributed by atoms with Gasteiger partial charge < -0.3 is 14.2 Å². The van der Waals surface area contributed by atoms with Crippen LogP contribution in [0.5, 0.6) is 11.5 Å². The maximum absolute atomic E-state index is 12.4. The molecule has 7 heteroatoms. The lowest BCUT2D eigenvalue weighted by Gasteiger charge is -2.22. The summed E-state index contributed by atoms with van der Waals surface area (Å²) in [6, 6.07) is 11.2. The fraction of sp³-hybridized carbons (Fsp3) is 0.211. The lowest BCUT2D eigenvalue weighted by molar-refractivity contribution is -0.152. The molecular formula is C19H15ClO6. The highest BCUT2D eigenvalue weighted by Gasteiger charge is 2.36. The molecular weight excluding hydrogens is 360 g/mol. The van der Waals surface area contributed by atoms with E-state index in [-0.39, 0.29) is 17.7 Å². The van der Waals surface area contributed by atoms with Crippen LogP contribution < -0.4 is 9.47 Å². The number of hydrogen-bond acceptors (Lipinski definition) is 6. The first-order valence-electron chi connectivity index (χ1n) is 7.81. The molecule has 1 aliphatic heterocycles. The van der Waals surface area contributed by atoms with E-state index in [1.54, 1.807) is 24.3 Å². The molecule has 26 heavy (non-hydrogen) atoms. The number of alkyl halides is 1. The van der Waals surface area contributed by atoms with Gasteiger partial charge in [0, 0.05) is 12.3 Å². The molecule has 0 saturated carbocycles. The fourth-order valence-electron chi connectivity index (χ4n) is 2.63. The Labute approximate surface area is 154 Å². The smallest absolute Gasteiger partial charge is 0.337 e. The van der Waals surface area contributed by atoms with Crippen LogP contribution >= 0.6 is 11.6 Å². The van der Waals surface area contributed by atoms with Crippen molar-refractivity contribution < 1.29 is 28.6 Å². The second kappa shape index (κ2) is 7.58. The molecule has 1 heterocycles. The van der Waals surface area contributed by atoms with E-state index >= 15 is 0 Å². The number of carbonyl (C=O) groups excluding carboxylic acids is 3. The van der Waals surface area contributed by atoms with Gasteiger partial charge in [-0.3, -0.25) is 9.59 Å². The summed E-state index contributed by atoms with van der Waals surface area (Å²) in [7, 11) is 1.26. The van der Waals surface area contributed by atoms with E-state index in [2.05, 4.69) is 4.74 Å². The van der Waals surface area contributed by atoms with Gasteiger partial charge in [0.25, 0.3) is 0 Å². The first-order chi connectivity index (χ1) is 12.5. The third-order valence-corrected chi connectivity index (χ3v) is 4.27. The molecule has 1 atom stereocenters. The summed E-state index contributed by atoms with van der Waals surface area (Å²) in [5, 5.41) is 0. The number of benzene rings is 2. The number of carbonyl (C=O) groups is 3. The molecule has 0 aromatic heterocycles. The van der Waals surface area contributed by atoms with Gasteiger partial charge in [0.15, 0.2) is 5.92 Å². The topological polar surface area (TPSA) is 78.9 Å². The summed E-state index contributed by atoms with van der Waals surface area (Å²) in [5.74, 6) is -2.19. The van der Waals surface area contributed by atoms with Crippen LogP contribution in [0, 0.1) is 5.92 Å². The predicted molar refractivity (Wildman–Crippen MR) is 92.2 cm³/mol. The van der Waals surface area contributed by atoms with Crippen LogP contribution in [0.3, 0.4) is 0 Å². The van der Waals surface area contributed by atoms with Gasteiger partial charge in [-0.1, -0.05) is 18.2 Å². The average Bonchev–Trinajstić information content (AvgIpc) is 2.66. The van der Waals surface area contributed by atoms with Gasteiger partial charge in [-0.2, -0.15) is 0 Å². The largest absolute Gasteiger partial charge is 0.465 e. The SMILES string of the molecule is COC(=O)c1cccc(OC(=O)C2Cc3cc(CCl)ccc3OC2=O)c1. The third-order valence-electron chi connectivity index (χ3n) is 3.96. The van der Waals surface area contributed by atoms with Gasteiger partial charge in [-0.05, 0) is 35.4 Å². The van der Waals surface area contributed by atoms with Crippen molar-refractivity contribution in [3.8, 4) is 11.5 Å². The number of hydrogen-bond donors (Lipinski definition) is 0. The number of methoxy groups -OCH3 is 1. The van der Waals surface area contributed by atoms with Gasteiger partial charge in [0.1, 0.15) is 11.5 Å². The predicted octanol–water partition coefficient (Wildman–Crippen LogP) is 2.90. The van der Waals surface area contributed by atoms with E-state index in [0.717, 1.165) is 5.56 Å². The number of ether oxygens (including phenoxy) is 3. The van der Waals surface area contributed by atoms with Gasteiger partial charge in [0.05, 0.1) is 12.7 Å². The molecule has 0 fully saturated rings. The normalized spacial score (nSPS) is 15.6. The molecule has 0 bridgehead atoms. The Hall–Kier alpha value is -2.86. The fourth-order valence-corrected chi connectivity index (χ4v) is 2.80. The Morgan fingerprint density at radius 2 is 2.04 bits per heavy atom. The molecule has 0 aliphatic carbocycles. The zero-order valence-electron chi connectivity index (χ0n) is 13.9. The summed E-state index contributed by atoms with van der Waals surface area (Å²) in [4.78, 5) is 36.1. The van der Waals surface area contributed by atoms with E-state index in [0.29, 0.717) is 17.2 Å². The zero-order valence-corrected chi connectivity index (χ0v) is 14.6. The lowest BCUT2D eigenvalue weighted by Crippen LogP contribution is -2.36. The average molecular weight is 375 g/mol. The van der Waals surface area contributed by atoms with Gasteiger partial charge >= 0.3 is 17.9 Å². The van der Waals surface area contributed by atoms with Crippen LogP contribution in [-0.2, 0) is 26.6 Å². The van der Waals surface area contributed by atoms with Crippen molar-refractivity contribution in [1.29, 1.82) is 0 Å². The molecule has 134 valence electrons. The standard InChI is InChI=1S/C19H15ClO6/c1-24-17(21)12-3-2-4-14(8-12)25-18(22)15-9-13-7-11(10-20)5-6-16(13)26-19(15)23/h2-8,15H,9-10H2,1H3. The minimum absolute atomic E-state index is 0.144. The number of fused-ring (bicyclic) bond motifs is 1. The van der Waals surface area contributed by atoms with Gasteiger partial charge in [-0.25, -0.2) is 4.79 Å². The van der Waals surface area contributed by atoms with Crippen LogP contribution in [0.15, 0.2) is 42.5 Å². The first kappa shape index (κ1) is 17.9. The summed E-state index contributed by atoms with van der Waals surface area (Å²) >= 11 is 5.82. The van der Waals surface area contributed by atoms with Crippen LogP contribution in [0.2, 0.25) is 0 Å². The van der Waals surface area contributed by atoms with Crippen molar-refractivity contribution in [2.24, 2.45) is 5.92 Å². The maximum Gasteiger partial charge on any atom is 0.337 e. The van der Waals surface area contributed by atoms with E-state index in [4.69, 9.17) is 21.1 Å². The van der Waals surface area contributed by atoms with Crippen molar-refractivity contribution in [3.05, 3.63) is 59.2 Å². The van der Waals surface area contributed by atoms with Crippen molar-refractivity contribution in [2.45, 2.75) is 12.3 Å². The van der Waals surface area contributed by atoms with Crippen LogP contribution in [0.1, 0.15) is 21.5 Å². The molecule has 6 nitrogen and oxygen atoms in total. The molecule has 0 amide bonds. The van der Waals surface area contributed by atoms with Crippen molar-refractivity contribution in [2.75, 3.05) is 7.11 Å². The highest BCUT2D eigenvalue weighted by molar-refractivity contribution is 6.17. The van der Waals surface area contributed by atoms with Crippen molar-refractivity contribution in [3.63, 3.8) is 0 Å².